The molecule has 0 aliphatic rings. The van der Waals surface area contributed by atoms with Gasteiger partial charge in [-0.15, -0.1) is 0 Å². The highest BCUT2D eigenvalue weighted by molar-refractivity contribution is 6.16. The van der Waals surface area contributed by atoms with Crippen LogP contribution in [0.2, 0.25) is 0 Å². The minimum absolute atomic E-state index is 0.0772. The van der Waals surface area contributed by atoms with Crippen molar-refractivity contribution in [3.8, 4) is 0 Å². The fourth-order valence-corrected chi connectivity index (χ4v) is 6.07. The molecule has 0 N–H and O–H groups in total. The molecule has 4 aromatic carbocycles. The van der Waals surface area contributed by atoms with Crippen molar-refractivity contribution in [2.75, 3.05) is 0 Å². The van der Waals surface area contributed by atoms with E-state index in [1.54, 1.807) is 21.2 Å². The maximum Gasteiger partial charge on any atom is 0.265 e. The van der Waals surface area contributed by atoms with Gasteiger partial charge >= 0.3 is 0 Å². The first-order chi connectivity index (χ1) is 23.5. The van der Waals surface area contributed by atoms with Gasteiger partial charge in [0.25, 0.3) is 11.1 Å². The lowest BCUT2D eigenvalue weighted by molar-refractivity contribution is 1.09. The molecular weight excluding hydrogens is 600 g/mol. The minimum Gasteiger partial charge on any atom is -0.268 e. The van der Waals surface area contributed by atoms with Gasteiger partial charge in [0.15, 0.2) is 16.9 Å². The summed E-state index contributed by atoms with van der Waals surface area (Å²) in [5, 5.41) is 7.31. The highest BCUT2D eigenvalue weighted by Crippen LogP contribution is 2.30. The Kier molecular flexibility index (Phi) is 7.98. The van der Waals surface area contributed by atoms with E-state index in [1.165, 1.54) is 25.5 Å². The van der Waals surface area contributed by atoms with Crippen LogP contribution in [0, 0.1) is 0 Å². The Bertz CT molecular complexity index is 2640. The quantitative estimate of drug-likeness (QED) is 0.168. The summed E-state index contributed by atoms with van der Waals surface area (Å²) in [6.45, 7) is 8.50. The van der Waals surface area contributed by atoms with E-state index in [9.17, 15) is 9.59 Å². The van der Waals surface area contributed by atoms with E-state index < -0.39 is 0 Å². The van der Waals surface area contributed by atoms with Crippen molar-refractivity contribution in [3.05, 3.63) is 119 Å². The first-order valence-corrected chi connectivity index (χ1v) is 16.0. The Morgan fingerprint density at radius 1 is 0.542 bits per heavy atom. The van der Waals surface area contributed by atoms with Gasteiger partial charge in [-0.25, -0.2) is 34.3 Å². The van der Waals surface area contributed by atoms with Crippen LogP contribution >= 0.6 is 0 Å². The van der Waals surface area contributed by atoms with Gasteiger partial charge < -0.3 is 0 Å². The number of benzene rings is 4. The summed E-state index contributed by atoms with van der Waals surface area (Å²) in [7, 11) is 0. The van der Waals surface area contributed by atoms with E-state index in [1.807, 2.05) is 72.8 Å². The van der Waals surface area contributed by atoms with Crippen LogP contribution in [0.15, 0.2) is 107 Å². The van der Waals surface area contributed by atoms with Gasteiger partial charge in [-0.3, -0.25) is 14.0 Å². The van der Waals surface area contributed by atoms with E-state index in [-0.39, 0.29) is 11.1 Å². The molecule has 6 heterocycles. The van der Waals surface area contributed by atoms with Gasteiger partial charge in [0.05, 0.1) is 12.4 Å². The van der Waals surface area contributed by atoms with E-state index in [2.05, 4.69) is 57.6 Å². The second-order valence-corrected chi connectivity index (χ2v) is 11.4. The molecule has 0 saturated carbocycles. The largest absolute Gasteiger partial charge is 0.268 e. The third-order valence-electron chi connectivity index (χ3n) is 7.82. The van der Waals surface area contributed by atoms with E-state index in [0.717, 1.165) is 32.3 Å². The zero-order chi connectivity index (χ0) is 33.4. The smallest absolute Gasteiger partial charge is 0.265 e. The number of imidazole rings is 2. The van der Waals surface area contributed by atoms with Crippen molar-refractivity contribution in [2.45, 2.75) is 40.5 Å². The first kappa shape index (κ1) is 30.5. The normalized spacial score (nSPS) is 11.2. The summed E-state index contributed by atoms with van der Waals surface area (Å²) in [4.78, 5) is 51.1. The molecule has 0 atom stereocenters. The Morgan fingerprint density at radius 2 is 1.02 bits per heavy atom. The van der Waals surface area contributed by atoms with Crippen LogP contribution < -0.4 is 11.1 Å². The zero-order valence-corrected chi connectivity index (χ0v) is 27.0. The molecule has 0 radical (unpaired) electrons. The van der Waals surface area contributed by atoms with Crippen molar-refractivity contribution < 1.29 is 0 Å². The average Bonchev–Trinajstić information content (AvgIpc) is 3.70. The molecular formula is C38H32N8O2. The number of rotatable bonds is 0. The van der Waals surface area contributed by atoms with Gasteiger partial charge in [0.2, 0.25) is 0 Å². The monoisotopic (exact) mass is 632 g/mol. The van der Waals surface area contributed by atoms with Gasteiger partial charge in [-0.1, -0.05) is 101 Å². The highest BCUT2D eigenvalue weighted by Gasteiger charge is 2.17. The summed E-state index contributed by atoms with van der Waals surface area (Å²) in [5.41, 5.74) is 3.48. The first-order valence-electron chi connectivity index (χ1n) is 16.0. The number of hydrogen-bond acceptors (Lipinski definition) is 8. The molecule has 0 fully saturated rings. The number of hydrogen-bond donors (Lipinski definition) is 0. The van der Waals surface area contributed by atoms with Crippen LogP contribution in [0.5, 0.6) is 0 Å². The van der Waals surface area contributed by atoms with Crippen LogP contribution in [0.1, 0.15) is 40.5 Å². The van der Waals surface area contributed by atoms with Crippen LogP contribution in [0.25, 0.3) is 76.7 Å². The Morgan fingerprint density at radius 3 is 1.60 bits per heavy atom. The van der Waals surface area contributed by atoms with Crippen LogP contribution in [0.3, 0.4) is 0 Å². The molecule has 0 saturated heterocycles. The van der Waals surface area contributed by atoms with Crippen LogP contribution in [-0.2, 0) is 0 Å². The number of fused-ring (bicyclic) bond motifs is 8. The summed E-state index contributed by atoms with van der Waals surface area (Å²) >= 11 is 0. The van der Waals surface area contributed by atoms with Crippen molar-refractivity contribution in [1.29, 1.82) is 0 Å². The molecule has 0 amide bonds. The maximum atomic E-state index is 12.8. The lowest BCUT2D eigenvalue weighted by atomic mass is 10.0. The molecule has 236 valence electrons. The summed E-state index contributed by atoms with van der Waals surface area (Å²) < 4.78 is 3.18. The van der Waals surface area contributed by atoms with Crippen molar-refractivity contribution >= 4 is 76.7 Å². The fourth-order valence-electron chi connectivity index (χ4n) is 6.07. The lowest BCUT2D eigenvalue weighted by Gasteiger charge is -2.06. The molecule has 0 spiro atoms. The molecule has 0 aliphatic carbocycles. The van der Waals surface area contributed by atoms with E-state index >= 15 is 0 Å². The SMILES string of the molecule is CCC.CCC.O=c1c2cccc3cccc(c32)c2nc3cncnc3n12.O=c1c2cccc3cccc(c32)c2nc3ncncc3n12. The summed E-state index contributed by atoms with van der Waals surface area (Å²) in [5.74, 6) is 0. The standard InChI is InChI=1S/2C16H8N4O.2C3H8/c21-16-11-6-2-4-9-3-1-5-10(13(9)11)15-19-14-12(20(15)16)7-17-8-18-14;21-16-11-6-2-4-9-3-1-5-10(13(9)11)14-19-12-7-17-8-18-15(12)20(14)16;2*1-3-2/h2*1-8H;2*3H2,1-2H3. The van der Waals surface area contributed by atoms with Gasteiger partial charge in [0, 0.05) is 32.3 Å². The molecule has 10 rings (SSSR count). The molecule has 10 aromatic rings. The molecule has 0 bridgehead atoms. The number of pyridine rings is 2. The van der Waals surface area contributed by atoms with Crippen molar-refractivity contribution in [2.24, 2.45) is 0 Å². The molecule has 6 aromatic heterocycles. The number of nitrogens with zero attached hydrogens (tertiary/aromatic N) is 8. The maximum absolute atomic E-state index is 12.8. The third-order valence-corrected chi connectivity index (χ3v) is 7.82. The van der Waals surface area contributed by atoms with Crippen LogP contribution in [0.4, 0.5) is 0 Å². The Labute approximate surface area is 274 Å². The topological polar surface area (TPSA) is 120 Å². The molecule has 10 heteroatoms. The highest BCUT2D eigenvalue weighted by atomic mass is 16.1. The number of aromatic nitrogens is 8. The van der Waals surface area contributed by atoms with Crippen molar-refractivity contribution in [3.63, 3.8) is 0 Å². The lowest BCUT2D eigenvalue weighted by Crippen LogP contribution is -2.13. The summed E-state index contributed by atoms with van der Waals surface area (Å²) in [6, 6.07) is 23.5. The van der Waals surface area contributed by atoms with Gasteiger partial charge in [-0.2, -0.15) is 0 Å². The third kappa shape index (κ3) is 4.80. The zero-order valence-electron chi connectivity index (χ0n) is 27.0. The minimum atomic E-state index is -0.0875. The molecule has 48 heavy (non-hydrogen) atoms. The second-order valence-electron chi connectivity index (χ2n) is 11.4. The Balaban J connectivity index is 0.000000131. The predicted octanol–water partition coefficient (Wildman–Crippen LogP) is 7.60. The van der Waals surface area contributed by atoms with Crippen LogP contribution in [-0.4, -0.2) is 38.7 Å². The average molecular weight is 633 g/mol. The summed E-state index contributed by atoms with van der Waals surface area (Å²) in [6.07, 6.45) is 8.64. The van der Waals surface area contributed by atoms with E-state index in [0.29, 0.717) is 44.4 Å². The van der Waals surface area contributed by atoms with Gasteiger partial charge in [-0.05, 0) is 22.9 Å². The second kappa shape index (κ2) is 12.6. The predicted molar refractivity (Wildman–Crippen MR) is 193 cm³/mol. The van der Waals surface area contributed by atoms with E-state index in [4.69, 9.17) is 0 Å². The molecule has 0 unspecified atom stereocenters. The van der Waals surface area contributed by atoms with Gasteiger partial charge in [0.1, 0.15) is 29.3 Å². The molecule has 0 aliphatic heterocycles. The van der Waals surface area contributed by atoms with Crippen molar-refractivity contribution in [1.82, 2.24) is 38.7 Å². The molecule has 10 nitrogen and oxygen atoms in total. The Hall–Kier alpha value is -6.16. The fraction of sp³-hybridized carbons (Fsp3) is 0.158.